The third kappa shape index (κ3) is 8.55. The van der Waals surface area contributed by atoms with Gasteiger partial charge in [0.15, 0.2) is 0 Å². The molecule has 310 valence electrons. The summed E-state index contributed by atoms with van der Waals surface area (Å²) in [4.78, 5) is 0. The Morgan fingerprint density at radius 3 is 0.967 bits per heavy atom. The number of rotatable bonds is 11. The zero-order chi connectivity index (χ0) is 40.1. The van der Waals surface area contributed by atoms with E-state index in [4.69, 9.17) is 10.2 Å². The summed E-state index contributed by atoms with van der Waals surface area (Å²) >= 11 is 0. The van der Waals surface area contributed by atoms with E-state index in [1.165, 1.54) is 195 Å². The highest BCUT2D eigenvalue weighted by molar-refractivity contribution is 7.61. The number of fused-ring (bicyclic) bond motifs is 2. The predicted molar refractivity (Wildman–Crippen MR) is 266 cm³/mol. The molecule has 0 aliphatic heterocycles. The molecule has 10 rings (SSSR count). The van der Waals surface area contributed by atoms with Gasteiger partial charge in [-0.3, -0.25) is 0 Å². The van der Waals surface area contributed by atoms with E-state index < -0.39 is 16.1 Å². The van der Waals surface area contributed by atoms with Crippen molar-refractivity contribution in [3.63, 3.8) is 0 Å². The maximum atomic E-state index is 4.72. The van der Waals surface area contributed by atoms with Crippen LogP contribution in [0.25, 0.3) is 54.9 Å². The highest BCUT2D eigenvalue weighted by atomic mass is 31.1. The minimum absolute atomic E-state index is 0.450. The molecule has 0 atom stereocenters. The van der Waals surface area contributed by atoms with Crippen LogP contribution in [0, 0.1) is 0 Å². The lowest BCUT2D eigenvalue weighted by Crippen LogP contribution is -2.25. The van der Waals surface area contributed by atoms with Crippen molar-refractivity contribution < 1.29 is 0 Å². The highest BCUT2D eigenvalue weighted by Gasteiger charge is 2.36. The molecule has 0 bridgehead atoms. The quantitative estimate of drug-likeness (QED) is 0.127. The summed E-state index contributed by atoms with van der Waals surface area (Å²) in [6.07, 6.45) is 27.7. The monoisotopic (exact) mass is 828 g/mol. The van der Waals surface area contributed by atoms with Crippen molar-refractivity contribution in [2.75, 3.05) is 10.2 Å². The second-order valence-corrected chi connectivity index (χ2v) is 23.7. The van der Waals surface area contributed by atoms with Crippen molar-refractivity contribution >= 4 is 49.1 Å². The fraction of sp³-hybridized carbons (Fsp3) is 0.429. The van der Waals surface area contributed by atoms with Gasteiger partial charge in [-0.25, -0.2) is 0 Å². The fourth-order valence-corrected chi connectivity index (χ4v) is 18.4. The molecule has 0 amide bonds. The van der Waals surface area contributed by atoms with E-state index >= 15 is 0 Å². The molecule has 6 aromatic carbocycles. The van der Waals surface area contributed by atoms with Crippen LogP contribution in [0.2, 0.25) is 0 Å². The predicted octanol–water partition coefficient (Wildman–Crippen LogP) is 17.9. The Kier molecular flexibility index (Phi) is 12.9. The summed E-state index contributed by atoms with van der Waals surface area (Å²) in [6, 6.07) is 46.7. The lowest BCUT2D eigenvalue weighted by atomic mass is 9.85. The summed E-state index contributed by atoms with van der Waals surface area (Å²) in [6.45, 7) is 0. The molecule has 4 fully saturated rings. The summed E-state index contributed by atoms with van der Waals surface area (Å²) in [5, 5.41) is 14.9. The normalized spacial score (nSPS) is 19.0. The van der Waals surface area contributed by atoms with Gasteiger partial charge >= 0.3 is 0 Å². The van der Waals surface area contributed by atoms with Crippen LogP contribution in [0.1, 0.15) is 128 Å². The molecule has 4 aliphatic rings. The lowest BCUT2D eigenvalue weighted by molar-refractivity contribution is 0.485. The van der Waals surface area contributed by atoms with Crippen LogP contribution in [0.4, 0.5) is 11.4 Å². The first-order chi connectivity index (χ1) is 29.8. The van der Waals surface area contributed by atoms with Crippen LogP contribution < -0.4 is 10.2 Å². The van der Waals surface area contributed by atoms with Crippen LogP contribution in [0.5, 0.6) is 0 Å². The van der Waals surface area contributed by atoms with Crippen molar-refractivity contribution in [2.24, 2.45) is 0 Å². The maximum absolute atomic E-state index is 4.72. The van der Waals surface area contributed by atoms with Gasteiger partial charge in [-0.2, -0.15) is 0 Å². The summed E-state index contributed by atoms with van der Waals surface area (Å²) in [5.74, 6) is 0. The average Bonchev–Trinajstić information content (AvgIpc) is 3.33. The number of hydrogen-bond donors (Lipinski definition) is 2. The van der Waals surface area contributed by atoms with Gasteiger partial charge in [0.05, 0.1) is 11.4 Å². The van der Waals surface area contributed by atoms with Crippen molar-refractivity contribution in [2.45, 2.75) is 151 Å². The van der Waals surface area contributed by atoms with Gasteiger partial charge in [0.25, 0.3) is 0 Å². The number of nitrogens with one attached hydrogen (secondary N) is 2. The largest absolute Gasteiger partial charge is 0.363 e. The van der Waals surface area contributed by atoms with E-state index in [-0.39, 0.29) is 0 Å². The van der Waals surface area contributed by atoms with Gasteiger partial charge in [-0.1, -0.05) is 186 Å². The highest BCUT2D eigenvalue weighted by Crippen LogP contribution is 2.62. The molecule has 60 heavy (non-hydrogen) atoms. The van der Waals surface area contributed by atoms with Crippen molar-refractivity contribution in [3.8, 4) is 33.4 Å². The van der Waals surface area contributed by atoms with E-state index in [1.807, 2.05) is 0 Å². The molecule has 0 radical (unpaired) electrons. The first-order valence-corrected chi connectivity index (χ1v) is 27.1. The summed E-state index contributed by atoms with van der Waals surface area (Å²) in [5.41, 5.74) is 14.1. The number of benzene rings is 6. The lowest BCUT2D eigenvalue weighted by Gasteiger charge is -2.41. The second-order valence-electron chi connectivity index (χ2n) is 18.7. The third-order valence-electron chi connectivity index (χ3n) is 14.9. The molecular formula is C56H66N2P2. The Bertz CT molecular complexity index is 2130. The molecule has 0 heterocycles. The molecule has 0 unspecified atom stereocenters. The Hall–Kier alpha value is -3.70. The van der Waals surface area contributed by atoms with Crippen molar-refractivity contribution in [1.82, 2.24) is 0 Å². The van der Waals surface area contributed by atoms with Gasteiger partial charge < -0.3 is 10.2 Å². The van der Waals surface area contributed by atoms with Crippen LogP contribution in [-0.4, -0.2) is 22.6 Å². The molecule has 0 spiro atoms. The van der Waals surface area contributed by atoms with Crippen molar-refractivity contribution in [1.29, 1.82) is 0 Å². The first kappa shape index (κ1) is 40.4. The van der Waals surface area contributed by atoms with Gasteiger partial charge in [-0.15, -0.1) is 0 Å². The molecule has 2 N–H and O–H groups in total. The third-order valence-corrected chi connectivity index (χ3v) is 21.0. The fourth-order valence-electron chi connectivity index (χ4n) is 11.8. The molecule has 4 aliphatic carbocycles. The van der Waals surface area contributed by atoms with Crippen LogP contribution in [0.3, 0.4) is 0 Å². The van der Waals surface area contributed by atoms with Gasteiger partial charge in [0, 0.05) is 22.3 Å². The molecule has 4 saturated carbocycles. The SMILES string of the molecule is c1ccc(-c2cc3ccccc3c(-c3c(NP(C4CCCCC4)C4CCCCC4)c(-c4ccccc4)cc4ccccc34)c2NP(C2CCCCC2)C2CCCCC2)cc1. The minimum Gasteiger partial charge on any atom is -0.363 e. The number of anilines is 2. The summed E-state index contributed by atoms with van der Waals surface area (Å²) in [7, 11) is -0.900. The smallest absolute Gasteiger partial charge is 0.0539 e. The van der Waals surface area contributed by atoms with Crippen LogP contribution in [0.15, 0.2) is 121 Å². The van der Waals surface area contributed by atoms with E-state index in [0.29, 0.717) is 0 Å². The minimum atomic E-state index is -0.450. The molecule has 0 aromatic heterocycles. The van der Waals surface area contributed by atoms with E-state index in [0.717, 1.165) is 22.6 Å². The first-order valence-electron chi connectivity index (χ1n) is 24.1. The zero-order valence-electron chi connectivity index (χ0n) is 35.9. The molecule has 4 heteroatoms. The Balaban J connectivity index is 1.28. The molecular weight excluding hydrogens is 763 g/mol. The Morgan fingerprint density at radius 1 is 0.333 bits per heavy atom. The number of hydrogen-bond acceptors (Lipinski definition) is 2. The van der Waals surface area contributed by atoms with Crippen LogP contribution >= 0.6 is 16.1 Å². The molecule has 6 aromatic rings. The van der Waals surface area contributed by atoms with E-state index in [1.54, 1.807) is 0 Å². The molecule has 2 nitrogen and oxygen atoms in total. The Labute approximate surface area is 363 Å². The maximum Gasteiger partial charge on any atom is 0.0539 e. The van der Waals surface area contributed by atoms with Gasteiger partial charge in [0.2, 0.25) is 0 Å². The second kappa shape index (κ2) is 19.1. The zero-order valence-corrected chi connectivity index (χ0v) is 37.7. The van der Waals surface area contributed by atoms with Gasteiger partial charge in [-0.05, 0) is 135 Å². The average molecular weight is 829 g/mol. The topological polar surface area (TPSA) is 24.1 Å². The van der Waals surface area contributed by atoms with E-state index in [2.05, 4.69) is 121 Å². The van der Waals surface area contributed by atoms with Crippen LogP contribution in [-0.2, 0) is 0 Å². The summed E-state index contributed by atoms with van der Waals surface area (Å²) < 4.78 is 0. The molecule has 0 saturated heterocycles. The Morgan fingerprint density at radius 2 is 0.633 bits per heavy atom. The van der Waals surface area contributed by atoms with Gasteiger partial charge in [0.1, 0.15) is 0 Å². The van der Waals surface area contributed by atoms with Crippen molar-refractivity contribution in [3.05, 3.63) is 121 Å². The van der Waals surface area contributed by atoms with E-state index in [9.17, 15) is 0 Å². The standard InChI is InChI=1S/C56H66N2P2/c1-7-23-41(24-8-1)51-39-43-27-19-21-37-49(43)53(55(51)57-59(45-29-11-3-12-30-45)46-31-13-4-14-32-46)54-50-38-22-20-28-44(50)40-52(42-25-9-2-10-26-42)56(54)58-60(47-33-15-5-16-34-47)48-35-17-6-18-36-48/h1-2,7-10,19-28,37-40,45-48,57-58H,3-6,11-18,29-36H2.